The van der Waals surface area contributed by atoms with Crippen LogP contribution >= 0.6 is 0 Å². The average molecular weight is 330 g/mol. The predicted octanol–water partition coefficient (Wildman–Crippen LogP) is 0.280. The number of carbonyl (C=O) groups excluding carboxylic acids is 1. The van der Waals surface area contributed by atoms with Crippen LogP contribution in [0.4, 0.5) is 0 Å². The summed E-state index contributed by atoms with van der Waals surface area (Å²) in [6.45, 7) is 1.77. The van der Waals surface area contributed by atoms with Crippen molar-refractivity contribution in [2.24, 2.45) is 0 Å². The molecule has 1 aromatic heterocycles. The predicted molar refractivity (Wildman–Crippen MR) is 76.9 cm³/mol. The van der Waals surface area contributed by atoms with Crippen LogP contribution in [0.5, 0.6) is 0 Å². The van der Waals surface area contributed by atoms with Crippen molar-refractivity contribution in [3.05, 3.63) is 23.2 Å². The number of aromatic carboxylic acids is 1. The number of hydrogen-bond acceptors (Lipinski definition) is 5. The van der Waals surface area contributed by atoms with Gasteiger partial charge in [-0.15, -0.1) is 0 Å². The number of carbonyl (C=O) groups is 2. The van der Waals surface area contributed by atoms with E-state index in [-0.39, 0.29) is 36.1 Å². The summed E-state index contributed by atoms with van der Waals surface area (Å²) in [5.41, 5.74) is 0.0537. The third-order valence-electron chi connectivity index (χ3n) is 3.53. The van der Waals surface area contributed by atoms with Gasteiger partial charge < -0.3 is 14.4 Å². The molecule has 0 bridgehead atoms. The first kappa shape index (κ1) is 16.5. The van der Waals surface area contributed by atoms with E-state index in [1.54, 1.807) is 0 Å². The van der Waals surface area contributed by atoms with Gasteiger partial charge in [0.25, 0.3) is 0 Å². The number of likely N-dealkylation sites (N-methyl/N-ethyl adjacent to an activating group) is 1. The Labute approximate surface area is 128 Å². The van der Waals surface area contributed by atoms with Crippen molar-refractivity contribution in [2.75, 3.05) is 25.9 Å². The SMILES string of the molecule is Cc1oc(CN(C)C(=O)CN2CCCS2(=O)=O)cc1C(=O)O. The number of carboxylic acid groups (broad SMARTS) is 1. The zero-order valence-electron chi connectivity index (χ0n) is 12.4. The van der Waals surface area contributed by atoms with Crippen molar-refractivity contribution in [2.45, 2.75) is 19.9 Å². The van der Waals surface area contributed by atoms with Crippen molar-refractivity contribution in [3.8, 4) is 0 Å². The number of sulfonamides is 1. The van der Waals surface area contributed by atoms with Gasteiger partial charge in [-0.25, -0.2) is 13.2 Å². The highest BCUT2D eigenvalue weighted by Gasteiger charge is 2.30. The molecular weight excluding hydrogens is 312 g/mol. The summed E-state index contributed by atoms with van der Waals surface area (Å²) in [5.74, 6) is -0.773. The van der Waals surface area contributed by atoms with Gasteiger partial charge in [-0.05, 0) is 19.4 Å². The first-order valence-electron chi connectivity index (χ1n) is 6.75. The molecule has 0 unspecified atom stereocenters. The van der Waals surface area contributed by atoms with E-state index >= 15 is 0 Å². The largest absolute Gasteiger partial charge is 0.478 e. The van der Waals surface area contributed by atoms with Crippen LogP contribution in [-0.2, 0) is 21.4 Å². The lowest BCUT2D eigenvalue weighted by molar-refractivity contribution is -0.130. The molecule has 1 aliphatic rings. The lowest BCUT2D eigenvalue weighted by atomic mass is 10.2. The van der Waals surface area contributed by atoms with Gasteiger partial charge in [-0.3, -0.25) is 4.79 Å². The topological polar surface area (TPSA) is 108 Å². The van der Waals surface area contributed by atoms with E-state index in [9.17, 15) is 18.0 Å². The Morgan fingerprint density at radius 2 is 2.14 bits per heavy atom. The Morgan fingerprint density at radius 1 is 1.45 bits per heavy atom. The summed E-state index contributed by atoms with van der Waals surface area (Å²) in [7, 11) is -1.80. The minimum atomic E-state index is -3.32. The monoisotopic (exact) mass is 330 g/mol. The molecule has 2 rings (SSSR count). The van der Waals surface area contributed by atoms with Crippen LogP contribution in [0.3, 0.4) is 0 Å². The first-order chi connectivity index (χ1) is 10.2. The molecule has 1 N–H and O–H groups in total. The number of hydrogen-bond donors (Lipinski definition) is 1. The second-order valence-electron chi connectivity index (χ2n) is 5.24. The minimum Gasteiger partial charge on any atom is -0.478 e. The Morgan fingerprint density at radius 3 is 2.64 bits per heavy atom. The molecule has 1 aromatic rings. The second-order valence-corrected chi connectivity index (χ2v) is 7.33. The number of amides is 1. The van der Waals surface area contributed by atoms with Crippen molar-refractivity contribution < 1.29 is 27.5 Å². The van der Waals surface area contributed by atoms with Gasteiger partial charge in [0.1, 0.15) is 17.1 Å². The van der Waals surface area contributed by atoms with Crippen LogP contribution < -0.4 is 0 Å². The van der Waals surface area contributed by atoms with Crippen molar-refractivity contribution in [3.63, 3.8) is 0 Å². The van der Waals surface area contributed by atoms with E-state index < -0.39 is 16.0 Å². The molecule has 8 nitrogen and oxygen atoms in total. The normalized spacial score (nSPS) is 17.5. The summed E-state index contributed by atoms with van der Waals surface area (Å²) in [5, 5.41) is 8.96. The van der Waals surface area contributed by atoms with Crippen LogP contribution in [-0.4, -0.2) is 60.5 Å². The highest BCUT2D eigenvalue weighted by atomic mass is 32.2. The van der Waals surface area contributed by atoms with Gasteiger partial charge in [0.15, 0.2) is 0 Å². The van der Waals surface area contributed by atoms with Crippen LogP contribution in [0.1, 0.15) is 28.3 Å². The van der Waals surface area contributed by atoms with Gasteiger partial charge in [-0.1, -0.05) is 0 Å². The van der Waals surface area contributed by atoms with E-state index in [0.29, 0.717) is 18.7 Å². The zero-order valence-corrected chi connectivity index (χ0v) is 13.2. The molecular formula is C13H18N2O6S. The third-order valence-corrected chi connectivity index (χ3v) is 5.44. The maximum atomic E-state index is 12.1. The fourth-order valence-electron chi connectivity index (χ4n) is 2.30. The van der Waals surface area contributed by atoms with Crippen molar-refractivity contribution in [1.82, 2.24) is 9.21 Å². The zero-order chi connectivity index (χ0) is 16.5. The standard InChI is InChI=1S/C13H18N2O6S/c1-9-11(13(17)18)6-10(21-9)7-14(2)12(16)8-15-4-3-5-22(15,19)20/h6H,3-5,7-8H2,1-2H3,(H,17,18). The molecule has 122 valence electrons. The second kappa shape index (κ2) is 6.09. The van der Waals surface area contributed by atoms with E-state index in [1.165, 1.54) is 29.2 Å². The summed E-state index contributed by atoms with van der Waals surface area (Å²) in [6.07, 6.45) is 0.526. The smallest absolute Gasteiger partial charge is 0.339 e. The Bertz CT molecular complexity index is 693. The lowest BCUT2D eigenvalue weighted by Gasteiger charge is -2.19. The number of rotatable bonds is 5. The molecule has 22 heavy (non-hydrogen) atoms. The van der Waals surface area contributed by atoms with Crippen LogP contribution in [0.25, 0.3) is 0 Å². The number of furan rings is 1. The van der Waals surface area contributed by atoms with Gasteiger partial charge in [0, 0.05) is 13.6 Å². The highest BCUT2D eigenvalue weighted by molar-refractivity contribution is 7.89. The molecule has 0 aromatic carbocycles. The summed E-state index contributed by atoms with van der Waals surface area (Å²) in [6, 6.07) is 1.37. The molecule has 1 aliphatic heterocycles. The molecule has 1 saturated heterocycles. The average Bonchev–Trinajstić information content (AvgIpc) is 2.92. The summed E-state index contributed by atoms with van der Waals surface area (Å²) in [4.78, 5) is 24.3. The molecule has 0 aliphatic carbocycles. The van der Waals surface area contributed by atoms with E-state index in [2.05, 4.69) is 0 Å². The van der Waals surface area contributed by atoms with Crippen molar-refractivity contribution >= 4 is 21.9 Å². The molecule has 1 amide bonds. The minimum absolute atomic E-state index is 0.0537. The maximum Gasteiger partial charge on any atom is 0.339 e. The van der Waals surface area contributed by atoms with Crippen LogP contribution in [0, 0.1) is 6.92 Å². The van der Waals surface area contributed by atoms with Gasteiger partial charge in [0.05, 0.1) is 18.8 Å². The highest BCUT2D eigenvalue weighted by Crippen LogP contribution is 2.17. The van der Waals surface area contributed by atoms with E-state index in [4.69, 9.17) is 9.52 Å². The van der Waals surface area contributed by atoms with Crippen LogP contribution in [0.15, 0.2) is 10.5 Å². The van der Waals surface area contributed by atoms with Crippen LogP contribution in [0.2, 0.25) is 0 Å². The third kappa shape index (κ3) is 3.47. The fraction of sp³-hybridized carbons (Fsp3) is 0.538. The quantitative estimate of drug-likeness (QED) is 0.831. The van der Waals surface area contributed by atoms with Gasteiger partial charge in [0.2, 0.25) is 15.9 Å². The lowest BCUT2D eigenvalue weighted by Crippen LogP contribution is -2.38. The molecule has 2 heterocycles. The molecule has 0 radical (unpaired) electrons. The fourth-order valence-corrected chi connectivity index (χ4v) is 3.76. The first-order valence-corrected chi connectivity index (χ1v) is 8.36. The van der Waals surface area contributed by atoms with E-state index in [1.807, 2.05) is 0 Å². The Kier molecular flexibility index (Phi) is 4.57. The summed E-state index contributed by atoms with van der Waals surface area (Å²) < 4.78 is 29.8. The molecule has 0 spiro atoms. The summed E-state index contributed by atoms with van der Waals surface area (Å²) >= 11 is 0. The molecule has 0 atom stereocenters. The van der Waals surface area contributed by atoms with Crippen molar-refractivity contribution in [1.29, 1.82) is 0 Å². The molecule has 1 fully saturated rings. The number of nitrogens with zero attached hydrogens (tertiary/aromatic N) is 2. The number of aryl methyl sites for hydroxylation is 1. The maximum absolute atomic E-state index is 12.1. The Hall–Kier alpha value is -1.87. The number of carboxylic acids is 1. The molecule has 9 heteroatoms. The van der Waals surface area contributed by atoms with E-state index in [0.717, 1.165) is 0 Å². The van der Waals surface area contributed by atoms with Gasteiger partial charge in [-0.2, -0.15) is 4.31 Å². The Balaban J connectivity index is 2.00. The molecule has 0 saturated carbocycles. The van der Waals surface area contributed by atoms with Gasteiger partial charge >= 0.3 is 5.97 Å².